The Morgan fingerprint density at radius 2 is 1.97 bits per heavy atom. The first-order valence-corrected chi connectivity index (χ1v) is 9.34. The van der Waals surface area contributed by atoms with Crippen molar-refractivity contribution >= 4 is 17.7 Å². The van der Waals surface area contributed by atoms with Gasteiger partial charge in [-0.2, -0.15) is 13.2 Å². The largest absolute Gasteiger partial charge is 0.419 e. The van der Waals surface area contributed by atoms with Gasteiger partial charge in [0.05, 0.1) is 11.5 Å². The van der Waals surface area contributed by atoms with Crippen LogP contribution in [0.2, 0.25) is 0 Å². The van der Waals surface area contributed by atoms with Crippen molar-refractivity contribution in [2.75, 3.05) is 23.3 Å². The molecule has 11 heteroatoms. The Hall–Kier alpha value is -3.50. The summed E-state index contributed by atoms with van der Waals surface area (Å²) in [5.41, 5.74) is -0.231. The predicted octanol–water partition coefficient (Wildman–Crippen LogP) is 3.14. The number of amides is 1. The van der Waals surface area contributed by atoms with Gasteiger partial charge in [-0.05, 0) is 37.1 Å². The van der Waals surface area contributed by atoms with Crippen LogP contribution in [0.25, 0.3) is 11.5 Å². The average Bonchev–Trinajstić information content (AvgIpc) is 3.22. The number of anilines is 2. The summed E-state index contributed by atoms with van der Waals surface area (Å²) in [5.74, 6) is -0.441. The van der Waals surface area contributed by atoms with E-state index in [4.69, 9.17) is 0 Å². The lowest BCUT2D eigenvalue weighted by molar-refractivity contribution is -0.137. The second-order valence-corrected chi connectivity index (χ2v) is 6.88. The number of nitrogens with zero attached hydrogens (tertiary/aromatic N) is 5. The number of pyridine rings is 2. The topological polar surface area (TPSA) is 99.7 Å². The van der Waals surface area contributed by atoms with Crippen LogP contribution >= 0.6 is 0 Å². The van der Waals surface area contributed by atoms with Crippen LogP contribution in [0.1, 0.15) is 18.4 Å². The molecule has 1 fully saturated rings. The fourth-order valence-corrected chi connectivity index (χ4v) is 3.41. The van der Waals surface area contributed by atoms with Crippen LogP contribution in [0.15, 0.2) is 42.7 Å². The lowest BCUT2D eigenvalue weighted by atomic mass is 9.96. The molecule has 1 amide bonds. The van der Waals surface area contributed by atoms with E-state index >= 15 is 0 Å². The molecule has 0 saturated carbocycles. The van der Waals surface area contributed by atoms with E-state index in [2.05, 4.69) is 30.5 Å². The monoisotopic (exact) mass is 417 g/mol. The van der Waals surface area contributed by atoms with Crippen molar-refractivity contribution in [1.29, 1.82) is 0 Å². The summed E-state index contributed by atoms with van der Waals surface area (Å²) in [6.45, 7) is 0.531. The fourth-order valence-electron chi connectivity index (χ4n) is 3.41. The number of H-pyrrole nitrogens is 1. The summed E-state index contributed by atoms with van der Waals surface area (Å²) >= 11 is 0. The first-order chi connectivity index (χ1) is 14.4. The van der Waals surface area contributed by atoms with Gasteiger partial charge in [-0.1, -0.05) is 6.07 Å². The second kappa shape index (κ2) is 8.09. The molecule has 1 aliphatic rings. The van der Waals surface area contributed by atoms with E-state index in [1.54, 1.807) is 24.4 Å². The minimum atomic E-state index is -4.51. The zero-order valence-corrected chi connectivity index (χ0v) is 15.7. The van der Waals surface area contributed by atoms with Gasteiger partial charge in [-0.3, -0.25) is 15.1 Å². The lowest BCUT2D eigenvalue weighted by Crippen LogP contribution is -2.42. The van der Waals surface area contributed by atoms with Crippen molar-refractivity contribution in [1.82, 2.24) is 25.1 Å². The molecule has 1 atom stereocenters. The van der Waals surface area contributed by atoms with Crippen molar-refractivity contribution in [3.8, 4) is 11.5 Å². The van der Waals surface area contributed by atoms with Crippen molar-refractivity contribution < 1.29 is 18.0 Å². The van der Waals surface area contributed by atoms with Gasteiger partial charge < -0.3 is 9.88 Å². The van der Waals surface area contributed by atoms with Gasteiger partial charge in [0.2, 0.25) is 11.9 Å². The second-order valence-electron chi connectivity index (χ2n) is 6.88. The molecule has 8 nitrogen and oxygen atoms in total. The van der Waals surface area contributed by atoms with Gasteiger partial charge in [-0.15, -0.1) is 10.2 Å². The van der Waals surface area contributed by atoms with Gasteiger partial charge in [0, 0.05) is 25.5 Å². The van der Waals surface area contributed by atoms with Crippen LogP contribution in [-0.4, -0.2) is 44.1 Å². The standard InChI is InChI=1S/C19H18F3N7O/c20-19(21,22)13-6-3-9-24-16(13)29-10-4-5-12(11-29)17(30)26-18-25-15(27-28-18)14-7-1-2-8-23-14/h1-3,6-9,12H,4-5,10-11H2,(H2,25,26,27,28,30). The molecule has 0 bridgehead atoms. The number of carbonyl (C=O) groups is 1. The third kappa shape index (κ3) is 4.24. The van der Waals surface area contributed by atoms with Crippen LogP contribution in [0, 0.1) is 5.92 Å². The summed E-state index contributed by atoms with van der Waals surface area (Å²) in [5, 5.41) is 10.5. The Labute approximate surface area is 169 Å². The summed E-state index contributed by atoms with van der Waals surface area (Å²) in [4.78, 5) is 25.2. The minimum absolute atomic E-state index is 0.132. The molecule has 1 aliphatic heterocycles. The highest BCUT2D eigenvalue weighted by atomic mass is 19.4. The normalized spacial score (nSPS) is 17.0. The summed E-state index contributed by atoms with van der Waals surface area (Å²) in [7, 11) is 0. The smallest absolute Gasteiger partial charge is 0.355 e. The van der Waals surface area contributed by atoms with E-state index < -0.39 is 17.7 Å². The zero-order chi connectivity index (χ0) is 21.1. The van der Waals surface area contributed by atoms with Gasteiger partial charge in [0.15, 0.2) is 5.82 Å². The van der Waals surface area contributed by atoms with E-state index in [1.165, 1.54) is 17.2 Å². The molecule has 0 aromatic carbocycles. The maximum absolute atomic E-state index is 13.3. The van der Waals surface area contributed by atoms with E-state index in [1.807, 2.05) is 0 Å². The SMILES string of the molecule is O=C(Nc1nnc(-c2ccccn2)[nH]1)C1CCCN(c2ncccc2C(F)(F)F)C1. The molecule has 3 aromatic heterocycles. The highest BCUT2D eigenvalue weighted by Gasteiger charge is 2.37. The third-order valence-corrected chi connectivity index (χ3v) is 4.82. The number of hydrogen-bond donors (Lipinski definition) is 2. The molecular formula is C19H18F3N7O. The molecule has 1 saturated heterocycles. The molecule has 0 radical (unpaired) electrons. The Balaban J connectivity index is 1.46. The van der Waals surface area contributed by atoms with Gasteiger partial charge in [0.1, 0.15) is 11.5 Å². The number of aromatic amines is 1. The Morgan fingerprint density at radius 3 is 2.73 bits per heavy atom. The molecule has 0 spiro atoms. The Bertz CT molecular complexity index is 1020. The summed E-state index contributed by atoms with van der Waals surface area (Å²) < 4.78 is 40.0. The molecule has 3 aromatic rings. The molecule has 4 rings (SSSR count). The molecule has 1 unspecified atom stereocenters. The summed E-state index contributed by atoms with van der Waals surface area (Å²) in [6, 6.07) is 7.56. The van der Waals surface area contributed by atoms with Crippen molar-refractivity contribution in [3.05, 3.63) is 48.3 Å². The maximum atomic E-state index is 13.3. The van der Waals surface area contributed by atoms with Crippen molar-refractivity contribution in [2.45, 2.75) is 19.0 Å². The van der Waals surface area contributed by atoms with Crippen LogP contribution in [0.5, 0.6) is 0 Å². The molecular weight excluding hydrogens is 399 g/mol. The fraction of sp³-hybridized carbons (Fsp3) is 0.316. The number of halogens is 3. The van der Waals surface area contributed by atoms with E-state index in [0.717, 1.165) is 6.07 Å². The zero-order valence-electron chi connectivity index (χ0n) is 15.7. The highest BCUT2D eigenvalue weighted by molar-refractivity contribution is 5.91. The first kappa shape index (κ1) is 19.8. The minimum Gasteiger partial charge on any atom is -0.355 e. The Kier molecular flexibility index (Phi) is 5.34. The van der Waals surface area contributed by atoms with Crippen molar-refractivity contribution in [2.24, 2.45) is 5.92 Å². The first-order valence-electron chi connectivity index (χ1n) is 9.34. The van der Waals surface area contributed by atoms with Crippen LogP contribution in [0.4, 0.5) is 24.9 Å². The lowest BCUT2D eigenvalue weighted by Gasteiger charge is -2.34. The number of aromatic nitrogens is 5. The van der Waals surface area contributed by atoms with Gasteiger partial charge in [-0.25, -0.2) is 4.98 Å². The number of piperidine rings is 1. The molecule has 30 heavy (non-hydrogen) atoms. The van der Waals surface area contributed by atoms with Crippen LogP contribution in [0.3, 0.4) is 0 Å². The highest BCUT2D eigenvalue weighted by Crippen LogP contribution is 2.36. The van der Waals surface area contributed by atoms with Crippen LogP contribution in [-0.2, 0) is 11.0 Å². The maximum Gasteiger partial charge on any atom is 0.419 e. The predicted molar refractivity (Wildman–Crippen MR) is 102 cm³/mol. The molecule has 156 valence electrons. The number of carbonyl (C=O) groups excluding carboxylic acids is 1. The van der Waals surface area contributed by atoms with E-state index in [-0.39, 0.29) is 24.2 Å². The van der Waals surface area contributed by atoms with Crippen molar-refractivity contribution in [3.63, 3.8) is 0 Å². The number of rotatable bonds is 4. The van der Waals surface area contributed by atoms with Gasteiger partial charge >= 0.3 is 6.18 Å². The molecule has 0 aliphatic carbocycles. The summed E-state index contributed by atoms with van der Waals surface area (Å²) in [6.07, 6.45) is -0.457. The Morgan fingerprint density at radius 1 is 1.13 bits per heavy atom. The van der Waals surface area contributed by atoms with E-state index in [0.29, 0.717) is 30.9 Å². The van der Waals surface area contributed by atoms with E-state index in [9.17, 15) is 18.0 Å². The quantitative estimate of drug-likeness (QED) is 0.677. The number of nitrogens with one attached hydrogen (secondary N) is 2. The number of alkyl halides is 3. The van der Waals surface area contributed by atoms with Crippen LogP contribution < -0.4 is 10.2 Å². The molecule has 2 N–H and O–H groups in total. The van der Waals surface area contributed by atoms with Gasteiger partial charge in [0.25, 0.3) is 0 Å². The molecule has 4 heterocycles. The third-order valence-electron chi connectivity index (χ3n) is 4.82. The average molecular weight is 417 g/mol. The number of hydrogen-bond acceptors (Lipinski definition) is 6.